The van der Waals surface area contributed by atoms with Gasteiger partial charge in [0.15, 0.2) is 0 Å². The molecule has 0 bridgehead atoms. The lowest BCUT2D eigenvalue weighted by molar-refractivity contribution is 0.138. The van der Waals surface area contributed by atoms with Crippen LogP contribution in [0.25, 0.3) is 0 Å². The van der Waals surface area contributed by atoms with Crippen LogP contribution in [0.4, 0.5) is 0 Å². The topological polar surface area (TPSA) is 9.23 Å². The van der Waals surface area contributed by atoms with Crippen LogP contribution in [-0.2, 0) is 17.6 Å². The van der Waals surface area contributed by atoms with E-state index in [4.69, 9.17) is 4.74 Å². The van der Waals surface area contributed by atoms with Crippen molar-refractivity contribution in [3.63, 3.8) is 0 Å². The van der Waals surface area contributed by atoms with E-state index in [1.165, 1.54) is 11.1 Å². The highest BCUT2D eigenvalue weighted by atomic mass is 79.9. The maximum absolute atomic E-state index is 5.81. The molecule has 0 heterocycles. The van der Waals surface area contributed by atoms with Gasteiger partial charge in [-0.2, -0.15) is 0 Å². The highest BCUT2D eigenvalue weighted by Crippen LogP contribution is 2.13. The van der Waals surface area contributed by atoms with E-state index in [-0.39, 0.29) is 0 Å². The third kappa shape index (κ3) is 6.77. The van der Waals surface area contributed by atoms with Crippen LogP contribution in [0.15, 0.2) is 60.7 Å². The molecule has 0 aromatic heterocycles. The van der Waals surface area contributed by atoms with Crippen molar-refractivity contribution in [1.29, 1.82) is 0 Å². The van der Waals surface area contributed by atoms with Crippen LogP contribution in [0.3, 0.4) is 0 Å². The Kier molecular flexibility index (Phi) is 7.48. The summed E-state index contributed by atoms with van der Waals surface area (Å²) < 4.78 is 5.81. The summed E-state index contributed by atoms with van der Waals surface area (Å²) in [5.74, 6) is 0. The van der Waals surface area contributed by atoms with Crippen molar-refractivity contribution in [1.82, 2.24) is 0 Å². The Morgan fingerprint density at radius 2 is 1.05 bits per heavy atom. The van der Waals surface area contributed by atoms with Gasteiger partial charge in [0.25, 0.3) is 0 Å². The van der Waals surface area contributed by atoms with Crippen LogP contribution in [0.5, 0.6) is 0 Å². The van der Waals surface area contributed by atoms with E-state index in [1.54, 1.807) is 0 Å². The summed E-state index contributed by atoms with van der Waals surface area (Å²) in [6.45, 7) is 1.46. The first kappa shape index (κ1) is 16.7. The fourth-order valence-electron chi connectivity index (χ4n) is 2.18. The van der Waals surface area contributed by atoms with Crippen molar-refractivity contribution < 1.29 is 4.74 Å². The first-order valence-electron chi connectivity index (χ1n) is 7.18. The molecule has 0 radical (unpaired) electrons. The lowest BCUT2D eigenvalue weighted by Gasteiger charge is -2.14. The predicted octanol–water partition coefficient (Wildman–Crippen LogP) is 5.02. The highest BCUT2D eigenvalue weighted by molar-refractivity contribution is 9.09. The molecular formula is C18H20Br2O. The van der Waals surface area contributed by atoms with Crippen LogP contribution in [0.1, 0.15) is 11.1 Å². The van der Waals surface area contributed by atoms with Gasteiger partial charge in [0.1, 0.15) is 0 Å². The molecule has 0 aliphatic rings. The van der Waals surface area contributed by atoms with E-state index in [1.807, 2.05) is 12.1 Å². The lowest BCUT2D eigenvalue weighted by Crippen LogP contribution is -2.17. The Morgan fingerprint density at radius 3 is 1.43 bits per heavy atom. The van der Waals surface area contributed by atoms with Gasteiger partial charge in [-0.1, -0.05) is 92.5 Å². The monoisotopic (exact) mass is 410 g/mol. The second-order valence-electron chi connectivity index (χ2n) is 5.11. The van der Waals surface area contributed by atoms with Crippen molar-refractivity contribution in [2.75, 3.05) is 13.2 Å². The third-order valence-corrected chi connectivity index (χ3v) is 4.37. The fraction of sp³-hybridized carbons (Fsp3) is 0.333. The highest BCUT2D eigenvalue weighted by Gasteiger charge is 2.09. The van der Waals surface area contributed by atoms with Gasteiger partial charge < -0.3 is 4.74 Å². The van der Waals surface area contributed by atoms with Crippen LogP contribution in [0, 0.1) is 0 Å². The van der Waals surface area contributed by atoms with E-state index in [0.29, 0.717) is 9.65 Å². The molecule has 2 aromatic rings. The molecule has 0 aliphatic carbocycles. The summed E-state index contributed by atoms with van der Waals surface area (Å²) in [7, 11) is 0. The van der Waals surface area contributed by atoms with E-state index in [0.717, 1.165) is 26.1 Å². The average Bonchev–Trinajstić information content (AvgIpc) is 2.49. The molecule has 0 N–H and O–H groups in total. The molecule has 2 aromatic carbocycles. The summed E-state index contributed by atoms with van der Waals surface area (Å²) >= 11 is 7.38. The predicted molar refractivity (Wildman–Crippen MR) is 96.5 cm³/mol. The quantitative estimate of drug-likeness (QED) is 0.554. The molecule has 0 amide bonds. The maximum atomic E-state index is 5.81. The van der Waals surface area contributed by atoms with Gasteiger partial charge in [-0.3, -0.25) is 0 Å². The van der Waals surface area contributed by atoms with Gasteiger partial charge in [0, 0.05) is 9.65 Å². The number of hydrogen-bond acceptors (Lipinski definition) is 1. The van der Waals surface area contributed by atoms with Crippen LogP contribution in [0.2, 0.25) is 0 Å². The lowest BCUT2D eigenvalue weighted by atomic mass is 10.1. The molecule has 0 saturated heterocycles. The second kappa shape index (κ2) is 9.39. The zero-order valence-corrected chi connectivity index (χ0v) is 15.1. The number of alkyl halides is 2. The molecule has 0 unspecified atom stereocenters. The van der Waals surface area contributed by atoms with Crippen molar-refractivity contribution in [2.45, 2.75) is 22.5 Å². The van der Waals surface area contributed by atoms with Gasteiger partial charge in [-0.15, -0.1) is 0 Å². The molecule has 0 saturated carbocycles. The molecule has 2 atom stereocenters. The SMILES string of the molecule is Br[C@H](COC[C@@H](Br)Cc1ccccc1)Cc1ccccc1. The van der Waals surface area contributed by atoms with Crippen molar-refractivity contribution in [3.8, 4) is 0 Å². The minimum absolute atomic E-state index is 0.358. The minimum Gasteiger partial charge on any atom is -0.379 e. The molecule has 0 fully saturated rings. The van der Waals surface area contributed by atoms with Crippen molar-refractivity contribution in [2.24, 2.45) is 0 Å². The van der Waals surface area contributed by atoms with E-state index in [9.17, 15) is 0 Å². The molecule has 3 heteroatoms. The smallest absolute Gasteiger partial charge is 0.0595 e. The van der Waals surface area contributed by atoms with Gasteiger partial charge in [0.05, 0.1) is 13.2 Å². The number of rotatable bonds is 8. The molecule has 21 heavy (non-hydrogen) atoms. The molecule has 1 nitrogen and oxygen atoms in total. The van der Waals surface area contributed by atoms with Crippen LogP contribution in [-0.4, -0.2) is 22.9 Å². The Balaban J connectivity index is 1.64. The van der Waals surface area contributed by atoms with Crippen molar-refractivity contribution >= 4 is 31.9 Å². The molecular weight excluding hydrogens is 392 g/mol. The van der Waals surface area contributed by atoms with Gasteiger partial charge in [0.2, 0.25) is 0 Å². The Labute approximate surface area is 144 Å². The zero-order chi connectivity index (χ0) is 14.9. The summed E-state index contributed by atoms with van der Waals surface area (Å²) in [6, 6.07) is 21.0. The summed E-state index contributed by atoms with van der Waals surface area (Å²) in [5, 5.41) is 0. The summed E-state index contributed by atoms with van der Waals surface area (Å²) in [5.41, 5.74) is 2.67. The number of hydrogen-bond donors (Lipinski definition) is 0. The largest absolute Gasteiger partial charge is 0.379 e. The normalized spacial score (nSPS) is 13.8. The number of halogens is 2. The standard InChI is InChI=1S/C18H20Br2O/c19-17(11-15-7-3-1-4-8-15)13-21-14-18(20)12-16-9-5-2-6-10-16/h1-10,17-18H,11-14H2/t17-,18-/m0/s1. The van der Waals surface area contributed by atoms with Gasteiger partial charge >= 0.3 is 0 Å². The Hall–Kier alpha value is -0.640. The first-order chi connectivity index (χ1) is 10.2. The van der Waals surface area contributed by atoms with Crippen LogP contribution < -0.4 is 0 Å². The number of benzene rings is 2. The number of ether oxygens (including phenoxy) is 1. The van der Waals surface area contributed by atoms with Gasteiger partial charge in [-0.05, 0) is 24.0 Å². The molecule has 0 spiro atoms. The van der Waals surface area contributed by atoms with E-state index < -0.39 is 0 Å². The Morgan fingerprint density at radius 1 is 0.667 bits per heavy atom. The third-order valence-electron chi connectivity index (χ3n) is 3.20. The maximum Gasteiger partial charge on any atom is 0.0595 e. The van der Waals surface area contributed by atoms with Gasteiger partial charge in [-0.25, -0.2) is 0 Å². The van der Waals surface area contributed by atoms with E-state index in [2.05, 4.69) is 80.4 Å². The molecule has 0 aliphatic heterocycles. The summed E-state index contributed by atoms with van der Waals surface area (Å²) in [4.78, 5) is 0.715. The van der Waals surface area contributed by atoms with Crippen LogP contribution >= 0.6 is 31.9 Å². The second-order valence-corrected chi connectivity index (χ2v) is 7.70. The Bertz CT molecular complexity index is 454. The average molecular weight is 412 g/mol. The van der Waals surface area contributed by atoms with E-state index >= 15 is 0 Å². The minimum atomic E-state index is 0.358. The fourth-order valence-corrected chi connectivity index (χ4v) is 3.30. The van der Waals surface area contributed by atoms with Crippen molar-refractivity contribution in [3.05, 3.63) is 71.8 Å². The molecule has 112 valence electrons. The zero-order valence-electron chi connectivity index (χ0n) is 11.9. The first-order valence-corrected chi connectivity index (χ1v) is 9.01. The summed E-state index contributed by atoms with van der Waals surface area (Å²) in [6.07, 6.45) is 1.99. The molecule has 2 rings (SSSR count).